The molecule has 0 aliphatic carbocycles. The Kier molecular flexibility index (Phi) is 5.43. The number of hydrogen-bond acceptors (Lipinski definition) is 5. The van der Waals surface area contributed by atoms with Gasteiger partial charge in [0.25, 0.3) is 0 Å². The Morgan fingerprint density at radius 1 is 1.12 bits per heavy atom. The predicted molar refractivity (Wildman–Crippen MR) is 94.1 cm³/mol. The van der Waals surface area contributed by atoms with Gasteiger partial charge in [0, 0.05) is 50.8 Å². The van der Waals surface area contributed by atoms with Crippen molar-refractivity contribution in [2.24, 2.45) is 5.92 Å². The third kappa shape index (κ3) is 3.87. The van der Waals surface area contributed by atoms with Gasteiger partial charge in [-0.15, -0.1) is 0 Å². The van der Waals surface area contributed by atoms with Crippen molar-refractivity contribution in [3.63, 3.8) is 0 Å². The van der Waals surface area contributed by atoms with Crippen LogP contribution in [-0.4, -0.2) is 63.7 Å². The molecule has 2 heterocycles. The van der Waals surface area contributed by atoms with Crippen LogP contribution < -0.4 is 19.7 Å². The molecule has 2 amide bonds. The van der Waals surface area contributed by atoms with Crippen LogP contribution in [0.3, 0.4) is 0 Å². The molecule has 1 aromatic carbocycles. The summed E-state index contributed by atoms with van der Waals surface area (Å²) >= 11 is 0. The fraction of sp³-hybridized carbons (Fsp3) is 0.556. The van der Waals surface area contributed by atoms with Gasteiger partial charge >= 0.3 is 0 Å². The van der Waals surface area contributed by atoms with Gasteiger partial charge in [0.15, 0.2) is 0 Å². The maximum Gasteiger partial charge on any atom is 0.228 e. The van der Waals surface area contributed by atoms with Crippen molar-refractivity contribution < 1.29 is 19.1 Å². The summed E-state index contributed by atoms with van der Waals surface area (Å²) in [5.74, 6) is 0.991. The Labute approximate surface area is 147 Å². The van der Waals surface area contributed by atoms with Crippen molar-refractivity contribution in [2.45, 2.75) is 12.8 Å². The quantitative estimate of drug-likeness (QED) is 0.875. The number of hydrogen-bond donors (Lipinski definition) is 1. The van der Waals surface area contributed by atoms with Crippen LogP contribution in [0, 0.1) is 5.92 Å². The molecule has 136 valence electrons. The molecule has 7 nitrogen and oxygen atoms in total. The van der Waals surface area contributed by atoms with Crippen LogP contribution in [0.4, 0.5) is 5.69 Å². The third-order valence-corrected chi connectivity index (χ3v) is 4.77. The van der Waals surface area contributed by atoms with Crippen LogP contribution in [0.2, 0.25) is 0 Å². The molecule has 25 heavy (non-hydrogen) atoms. The van der Waals surface area contributed by atoms with E-state index < -0.39 is 0 Å². The van der Waals surface area contributed by atoms with E-state index in [-0.39, 0.29) is 24.2 Å². The lowest BCUT2D eigenvalue weighted by atomic mass is 10.1. The molecule has 0 bridgehead atoms. The number of nitrogens with one attached hydrogen (secondary N) is 1. The highest BCUT2D eigenvalue weighted by atomic mass is 16.5. The van der Waals surface area contributed by atoms with Gasteiger partial charge in [-0.2, -0.15) is 0 Å². The number of rotatable bonds is 4. The fourth-order valence-corrected chi connectivity index (χ4v) is 3.40. The average molecular weight is 347 g/mol. The summed E-state index contributed by atoms with van der Waals surface area (Å²) in [7, 11) is 3.15. The molecule has 2 aliphatic heterocycles. The molecular weight excluding hydrogens is 322 g/mol. The van der Waals surface area contributed by atoms with E-state index in [1.165, 1.54) is 0 Å². The molecule has 1 N–H and O–H groups in total. The van der Waals surface area contributed by atoms with E-state index in [9.17, 15) is 9.59 Å². The van der Waals surface area contributed by atoms with Crippen LogP contribution >= 0.6 is 0 Å². The lowest BCUT2D eigenvalue weighted by Crippen LogP contribution is -2.39. The second-order valence-electron chi connectivity index (χ2n) is 6.41. The van der Waals surface area contributed by atoms with Gasteiger partial charge in [-0.1, -0.05) is 0 Å². The lowest BCUT2D eigenvalue weighted by molar-refractivity contribution is -0.135. The molecule has 0 saturated carbocycles. The molecular formula is C18H25N3O4. The van der Waals surface area contributed by atoms with E-state index in [0.717, 1.165) is 26.1 Å². The molecule has 1 atom stereocenters. The summed E-state index contributed by atoms with van der Waals surface area (Å²) in [6.45, 7) is 3.60. The zero-order valence-corrected chi connectivity index (χ0v) is 14.8. The van der Waals surface area contributed by atoms with Gasteiger partial charge in [-0.05, 0) is 13.0 Å². The third-order valence-electron chi connectivity index (χ3n) is 4.77. The Balaban J connectivity index is 1.75. The number of amides is 2. The molecule has 2 saturated heterocycles. The summed E-state index contributed by atoms with van der Waals surface area (Å²) in [6, 6.07) is 5.35. The molecule has 1 unspecified atom stereocenters. The molecule has 7 heteroatoms. The van der Waals surface area contributed by atoms with Crippen molar-refractivity contribution >= 4 is 17.5 Å². The number of ether oxygens (including phenoxy) is 2. The summed E-state index contributed by atoms with van der Waals surface area (Å²) in [6.07, 6.45) is 1.20. The van der Waals surface area contributed by atoms with Gasteiger partial charge < -0.3 is 24.6 Å². The van der Waals surface area contributed by atoms with Crippen LogP contribution in [-0.2, 0) is 9.59 Å². The van der Waals surface area contributed by atoms with E-state index in [4.69, 9.17) is 9.47 Å². The van der Waals surface area contributed by atoms with E-state index in [1.54, 1.807) is 37.3 Å². The second kappa shape index (κ2) is 7.74. The van der Waals surface area contributed by atoms with Crippen molar-refractivity contribution in [1.29, 1.82) is 0 Å². The first-order valence-electron chi connectivity index (χ1n) is 8.65. The maximum absolute atomic E-state index is 12.8. The van der Waals surface area contributed by atoms with Crippen LogP contribution in [0.5, 0.6) is 11.5 Å². The largest absolute Gasteiger partial charge is 0.497 e. The zero-order valence-electron chi connectivity index (χ0n) is 14.8. The number of benzene rings is 1. The second-order valence-corrected chi connectivity index (χ2v) is 6.41. The van der Waals surface area contributed by atoms with Crippen molar-refractivity contribution in [3.8, 4) is 11.5 Å². The molecule has 1 aromatic rings. The minimum absolute atomic E-state index is 0.0402. The van der Waals surface area contributed by atoms with E-state index in [0.29, 0.717) is 30.3 Å². The average Bonchev–Trinajstić information content (AvgIpc) is 2.85. The molecule has 0 radical (unpaired) electrons. The molecule has 2 aliphatic rings. The zero-order chi connectivity index (χ0) is 17.8. The maximum atomic E-state index is 12.8. The molecule has 0 spiro atoms. The van der Waals surface area contributed by atoms with Gasteiger partial charge in [0.1, 0.15) is 11.5 Å². The minimum Gasteiger partial charge on any atom is -0.497 e. The van der Waals surface area contributed by atoms with E-state index in [1.807, 2.05) is 4.90 Å². The highest BCUT2D eigenvalue weighted by molar-refractivity contribution is 6.00. The number of nitrogens with zero attached hydrogens (tertiary/aromatic N) is 2. The monoisotopic (exact) mass is 347 g/mol. The number of carbonyl (C=O) groups is 2. The Morgan fingerprint density at radius 2 is 1.84 bits per heavy atom. The highest BCUT2D eigenvalue weighted by Crippen LogP contribution is 2.32. The predicted octanol–water partition coefficient (Wildman–Crippen LogP) is 0.879. The molecule has 3 rings (SSSR count). The lowest BCUT2D eigenvalue weighted by Gasteiger charge is -2.24. The van der Waals surface area contributed by atoms with Crippen molar-refractivity contribution in [2.75, 3.05) is 51.8 Å². The smallest absolute Gasteiger partial charge is 0.228 e. The van der Waals surface area contributed by atoms with Gasteiger partial charge in [-0.25, -0.2) is 0 Å². The fourth-order valence-electron chi connectivity index (χ4n) is 3.40. The van der Waals surface area contributed by atoms with Crippen molar-refractivity contribution in [3.05, 3.63) is 18.2 Å². The minimum atomic E-state index is -0.289. The van der Waals surface area contributed by atoms with E-state index >= 15 is 0 Å². The molecule has 2 fully saturated rings. The Morgan fingerprint density at radius 3 is 2.52 bits per heavy atom. The number of carbonyl (C=O) groups excluding carboxylic acids is 2. The Hall–Kier alpha value is -2.28. The van der Waals surface area contributed by atoms with E-state index in [2.05, 4.69) is 5.32 Å². The summed E-state index contributed by atoms with van der Waals surface area (Å²) in [5, 5.41) is 3.29. The highest BCUT2D eigenvalue weighted by Gasteiger charge is 2.37. The van der Waals surface area contributed by atoms with Crippen molar-refractivity contribution in [1.82, 2.24) is 10.2 Å². The first kappa shape index (κ1) is 17.5. The summed E-state index contributed by atoms with van der Waals surface area (Å²) in [5.41, 5.74) is 0.703. The van der Waals surface area contributed by atoms with Gasteiger partial charge in [0.05, 0.1) is 25.8 Å². The summed E-state index contributed by atoms with van der Waals surface area (Å²) < 4.78 is 10.6. The Bertz CT molecular complexity index is 619. The van der Waals surface area contributed by atoms with Crippen LogP contribution in [0.1, 0.15) is 12.8 Å². The van der Waals surface area contributed by atoms with Gasteiger partial charge in [0.2, 0.25) is 11.8 Å². The SMILES string of the molecule is COc1cc(OC)cc(N2CC(C(=O)N3CCCNCC3)CC2=O)c1. The van der Waals surface area contributed by atoms with Crippen LogP contribution in [0.15, 0.2) is 18.2 Å². The summed E-state index contributed by atoms with van der Waals surface area (Å²) in [4.78, 5) is 28.8. The van der Waals surface area contributed by atoms with Gasteiger partial charge in [-0.3, -0.25) is 9.59 Å². The standard InChI is InChI=1S/C18H25N3O4/c1-24-15-9-14(10-16(11-15)25-2)21-12-13(8-17(21)22)18(23)20-6-3-4-19-5-7-20/h9-11,13,19H,3-8,12H2,1-2H3. The topological polar surface area (TPSA) is 71.1 Å². The number of methoxy groups -OCH3 is 2. The van der Waals surface area contributed by atoms with Crippen LogP contribution in [0.25, 0.3) is 0 Å². The number of anilines is 1. The first-order valence-corrected chi connectivity index (χ1v) is 8.65. The normalized spacial score (nSPS) is 21.2. The first-order chi connectivity index (χ1) is 12.1. The molecule has 0 aromatic heterocycles.